The van der Waals surface area contributed by atoms with Crippen LogP contribution < -0.4 is 4.74 Å². The lowest BCUT2D eigenvalue weighted by molar-refractivity contribution is 0.0725. The van der Waals surface area contributed by atoms with Gasteiger partial charge in [-0.25, -0.2) is 4.98 Å². The smallest absolute Gasteiger partial charge is 0.254 e. The van der Waals surface area contributed by atoms with Crippen molar-refractivity contribution in [2.45, 2.75) is 38.1 Å². The molecule has 0 bridgehead atoms. The second-order valence-electron chi connectivity index (χ2n) is 7.21. The highest BCUT2D eigenvalue weighted by molar-refractivity contribution is 5.94. The zero-order valence-electron chi connectivity index (χ0n) is 14.7. The summed E-state index contributed by atoms with van der Waals surface area (Å²) in [4.78, 5) is 19.5. The van der Waals surface area contributed by atoms with Gasteiger partial charge >= 0.3 is 0 Å². The molecule has 2 aromatic rings. The molecule has 0 atom stereocenters. The predicted octanol–water partition coefficient (Wildman–Crippen LogP) is 2.70. The minimum Gasteiger partial charge on any atom is -0.493 e. The van der Waals surface area contributed by atoms with Gasteiger partial charge in [0.15, 0.2) is 5.89 Å². The van der Waals surface area contributed by atoms with Crippen LogP contribution in [0.1, 0.15) is 52.0 Å². The van der Waals surface area contributed by atoms with Crippen molar-refractivity contribution in [3.8, 4) is 5.75 Å². The standard InChI is InChI=1S/C20H22N2O4/c23-20(15-1-2-17-14(11-15)6-10-25-17)22-7-3-18-16(12-22)21-19(26-18)13-4-8-24-9-5-13/h1-2,11,13H,3-10,12H2. The highest BCUT2D eigenvalue weighted by Gasteiger charge is 2.29. The van der Waals surface area contributed by atoms with Crippen LogP contribution in [0.5, 0.6) is 5.75 Å². The minimum atomic E-state index is 0.0565. The van der Waals surface area contributed by atoms with E-state index in [1.54, 1.807) is 0 Å². The van der Waals surface area contributed by atoms with Crippen molar-refractivity contribution in [2.24, 2.45) is 0 Å². The highest BCUT2D eigenvalue weighted by Crippen LogP contribution is 2.31. The molecule has 0 radical (unpaired) electrons. The van der Waals surface area contributed by atoms with Crippen LogP contribution in [-0.2, 0) is 24.1 Å². The van der Waals surface area contributed by atoms with E-state index >= 15 is 0 Å². The van der Waals surface area contributed by atoms with Gasteiger partial charge in [-0.1, -0.05) is 0 Å². The molecule has 4 heterocycles. The number of carbonyl (C=O) groups excluding carboxylic acids is 1. The Hall–Kier alpha value is -2.34. The summed E-state index contributed by atoms with van der Waals surface area (Å²) in [7, 11) is 0. The van der Waals surface area contributed by atoms with Crippen LogP contribution in [0.25, 0.3) is 0 Å². The molecule has 1 saturated heterocycles. The maximum Gasteiger partial charge on any atom is 0.254 e. The number of rotatable bonds is 2. The first kappa shape index (κ1) is 15.9. The van der Waals surface area contributed by atoms with Gasteiger partial charge in [-0.3, -0.25) is 4.79 Å². The van der Waals surface area contributed by atoms with Gasteiger partial charge in [0.25, 0.3) is 5.91 Å². The number of aromatic nitrogens is 1. The fourth-order valence-electron chi connectivity index (χ4n) is 4.01. The van der Waals surface area contributed by atoms with Crippen molar-refractivity contribution < 1.29 is 18.7 Å². The van der Waals surface area contributed by atoms with E-state index in [0.29, 0.717) is 25.6 Å². The van der Waals surface area contributed by atoms with Gasteiger partial charge in [-0.2, -0.15) is 0 Å². The lowest BCUT2D eigenvalue weighted by atomic mass is 10.0. The Labute approximate surface area is 152 Å². The number of carbonyl (C=O) groups is 1. The molecule has 6 nitrogen and oxygen atoms in total. The number of amides is 1. The normalized spacial score (nSPS) is 19.8. The van der Waals surface area contributed by atoms with Crippen LogP contribution in [0.2, 0.25) is 0 Å². The number of fused-ring (bicyclic) bond motifs is 2. The highest BCUT2D eigenvalue weighted by atomic mass is 16.5. The third kappa shape index (κ3) is 2.78. The van der Waals surface area contributed by atoms with Crippen LogP contribution in [0, 0.1) is 0 Å². The zero-order valence-corrected chi connectivity index (χ0v) is 14.7. The molecule has 0 spiro atoms. The van der Waals surface area contributed by atoms with Crippen LogP contribution in [-0.4, -0.2) is 42.2 Å². The first-order valence-electron chi connectivity index (χ1n) is 9.39. The van der Waals surface area contributed by atoms with E-state index in [2.05, 4.69) is 0 Å². The molecule has 136 valence electrons. The number of oxazole rings is 1. The molecule has 1 aromatic heterocycles. The molecule has 1 fully saturated rings. The molecule has 0 N–H and O–H groups in total. The Bertz CT molecular complexity index is 838. The number of ether oxygens (including phenoxy) is 2. The van der Waals surface area contributed by atoms with Gasteiger partial charge in [0.05, 0.1) is 13.2 Å². The summed E-state index contributed by atoms with van der Waals surface area (Å²) in [5, 5.41) is 0. The van der Waals surface area contributed by atoms with E-state index in [0.717, 1.165) is 73.1 Å². The molecule has 3 aliphatic heterocycles. The van der Waals surface area contributed by atoms with Crippen LogP contribution in [0.4, 0.5) is 0 Å². The van der Waals surface area contributed by atoms with Crippen molar-refractivity contribution in [1.82, 2.24) is 9.88 Å². The van der Waals surface area contributed by atoms with E-state index < -0.39 is 0 Å². The van der Waals surface area contributed by atoms with Crippen LogP contribution >= 0.6 is 0 Å². The predicted molar refractivity (Wildman–Crippen MR) is 93.4 cm³/mol. The van der Waals surface area contributed by atoms with E-state index in [1.165, 1.54) is 0 Å². The van der Waals surface area contributed by atoms with Crippen LogP contribution in [0.15, 0.2) is 22.6 Å². The zero-order chi connectivity index (χ0) is 17.5. The summed E-state index contributed by atoms with van der Waals surface area (Å²) in [5.41, 5.74) is 2.76. The fraction of sp³-hybridized carbons (Fsp3) is 0.500. The van der Waals surface area contributed by atoms with Crippen LogP contribution in [0.3, 0.4) is 0 Å². The molecule has 1 aromatic carbocycles. The number of hydrogen-bond donors (Lipinski definition) is 0. The molecule has 1 amide bonds. The summed E-state index contributed by atoms with van der Waals surface area (Å²) in [6.45, 7) is 3.43. The number of hydrogen-bond acceptors (Lipinski definition) is 5. The Balaban J connectivity index is 1.33. The average Bonchev–Trinajstić information content (AvgIpc) is 3.33. The Kier molecular flexibility index (Phi) is 3.93. The monoisotopic (exact) mass is 354 g/mol. The summed E-state index contributed by atoms with van der Waals surface area (Å²) in [6, 6.07) is 5.74. The summed E-state index contributed by atoms with van der Waals surface area (Å²) in [6.07, 6.45) is 3.52. The lowest BCUT2D eigenvalue weighted by Crippen LogP contribution is -2.35. The molecule has 6 heteroatoms. The van der Waals surface area contributed by atoms with Crippen molar-refractivity contribution in [1.29, 1.82) is 0 Å². The summed E-state index contributed by atoms with van der Waals surface area (Å²) in [5.74, 6) is 3.07. The lowest BCUT2D eigenvalue weighted by Gasteiger charge is -2.25. The van der Waals surface area contributed by atoms with Crippen molar-refractivity contribution >= 4 is 5.91 Å². The van der Waals surface area contributed by atoms with Crippen molar-refractivity contribution in [3.63, 3.8) is 0 Å². The third-order valence-electron chi connectivity index (χ3n) is 5.54. The van der Waals surface area contributed by atoms with Gasteiger partial charge in [0.2, 0.25) is 0 Å². The van der Waals surface area contributed by atoms with Gasteiger partial charge < -0.3 is 18.8 Å². The third-order valence-corrected chi connectivity index (χ3v) is 5.54. The maximum atomic E-state index is 12.9. The van der Waals surface area contributed by atoms with Crippen molar-refractivity contribution in [2.75, 3.05) is 26.4 Å². The van der Waals surface area contributed by atoms with Gasteiger partial charge in [-0.15, -0.1) is 0 Å². The fourth-order valence-corrected chi connectivity index (χ4v) is 4.01. The Morgan fingerprint density at radius 3 is 2.92 bits per heavy atom. The maximum absolute atomic E-state index is 12.9. The first-order chi connectivity index (χ1) is 12.8. The minimum absolute atomic E-state index is 0.0565. The average molecular weight is 354 g/mol. The Morgan fingerprint density at radius 1 is 1.15 bits per heavy atom. The van der Waals surface area contributed by atoms with Gasteiger partial charge in [-0.05, 0) is 36.6 Å². The molecular weight excluding hydrogens is 332 g/mol. The van der Waals surface area contributed by atoms with Gasteiger partial charge in [0.1, 0.15) is 17.2 Å². The molecule has 0 saturated carbocycles. The molecule has 5 rings (SSSR count). The molecule has 3 aliphatic rings. The number of benzene rings is 1. The second-order valence-corrected chi connectivity index (χ2v) is 7.21. The quantitative estimate of drug-likeness (QED) is 0.830. The molecule has 0 aliphatic carbocycles. The second kappa shape index (κ2) is 6.43. The van der Waals surface area contributed by atoms with E-state index in [1.807, 2.05) is 23.1 Å². The van der Waals surface area contributed by atoms with E-state index in [-0.39, 0.29) is 5.91 Å². The largest absolute Gasteiger partial charge is 0.493 e. The molecule has 0 unspecified atom stereocenters. The van der Waals surface area contributed by atoms with Gasteiger partial charge in [0, 0.05) is 44.1 Å². The topological polar surface area (TPSA) is 64.8 Å². The molecule has 26 heavy (non-hydrogen) atoms. The summed E-state index contributed by atoms with van der Waals surface area (Å²) < 4.78 is 17.0. The SMILES string of the molecule is O=C(c1ccc2c(c1)CCO2)N1CCc2oc(C3CCOCC3)nc2C1. The van der Waals surface area contributed by atoms with E-state index in [4.69, 9.17) is 18.9 Å². The van der Waals surface area contributed by atoms with E-state index in [9.17, 15) is 4.79 Å². The first-order valence-corrected chi connectivity index (χ1v) is 9.39. The number of nitrogens with zero attached hydrogens (tertiary/aromatic N) is 2. The Morgan fingerprint density at radius 2 is 2.04 bits per heavy atom. The van der Waals surface area contributed by atoms with Crippen molar-refractivity contribution in [3.05, 3.63) is 46.7 Å². The summed E-state index contributed by atoms with van der Waals surface area (Å²) >= 11 is 0. The molecular formula is C20H22N2O4.